The second kappa shape index (κ2) is 6.51. The van der Waals surface area contributed by atoms with Gasteiger partial charge in [0.2, 0.25) is 0 Å². The molecule has 0 amide bonds. The molecule has 21 heavy (non-hydrogen) atoms. The SMILES string of the molecule is COc1ccc(C=O)cc1COc1ccccc1[N+](=O)[O-]. The number of aldehydes is 1. The number of ether oxygens (including phenoxy) is 2. The van der Waals surface area contributed by atoms with Crippen molar-refractivity contribution in [3.8, 4) is 11.5 Å². The minimum Gasteiger partial charge on any atom is -0.496 e. The Morgan fingerprint density at radius 2 is 1.95 bits per heavy atom. The number of carbonyl (C=O) groups is 1. The summed E-state index contributed by atoms with van der Waals surface area (Å²) in [5, 5.41) is 10.9. The van der Waals surface area contributed by atoms with Gasteiger partial charge < -0.3 is 9.47 Å². The van der Waals surface area contributed by atoms with Crippen molar-refractivity contribution < 1.29 is 19.2 Å². The summed E-state index contributed by atoms with van der Waals surface area (Å²) in [4.78, 5) is 21.2. The number of hydrogen-bond acceptors (Lipinski definition) is 5. The number of carbonyl (C=O) groups excluding carboxylic acids is 1. The molecule has 0 atom stereocenters. The summed E-state index contributed by atoms with van der Waals surface area (Å²) in [6.45, 7) is 0.0652. The van der Waals surface area contributed by atoms with Crippen LogP contribution in [0, 0.1) is 10.1 Å². The van der Waals surface area contributed by atoms with Gasteiger partial charge in [-0.15, -0.1) is 0 Å². The quantitative estimate of drug-likeness (QED) is 0.463. The van der Waals surface area contributed by atoms with Crippen LogP contribution in [0.15, 0.2) is 42.5 Å². The van der Waals surface area contributed by atoms with Crippen molar-refractivity contribution in [1.29, 1.82) is 0 Å². The third kappa shape index (κ3) is 3.36. The minimum atomic E-state index is -0.506. The topological polar surface area (TPSA) is 78.7 Å². The van der Waals surface area contributed by atoms with Gasteiger partial charge >= 0.3 is 5.69 Å². The van der Waals surface area contributed by atoms with E-state index < -0.39 is 4.92 Å². The smallest absolute Gasteiger partial charge is 0.310 e. The van der Waals surface area contributed by atoms with E-state index in [1.165, 1.54) is 19.2 Å². The van der Waals surface area contributed by atoms with Crippen molar-refractivity contribution in [2.24, 2.45) is 0 Å². The van der Waals surface area contributed by atoms with E-state index in [0.717, 1.165) is 0 Å². The molecule has 6 heteroatoms. The Balaban J connectivity index is 2.24. The zero-order valence-corrected chi connectivity index (χ0v) is 11.3. The molecule has 0 aliphatic carbocycles. The molecule has 0 unspecified atom stereocenters. The average Bonchev–Trinajstić information content (AvgIpc) is 2.52. The highest BCUT2D eigenvalue weighted by molar-refractivity contribution is 5.75. The summed E-state index contributed by atoms with van der Waals surface area (Å²) in [5.74, 6) is 0.722. The lowest BCUT2D eigenvalue weighted by molar-refractivity contribution is -0.385. The second-order valence-electron chi connectivity index (χ2n) is 4.20. The van der Waals surface area contributed by atoms with Gasteiger partial charge in [-0.05, 0) is 24.3 Å². The number of benzene rings is 2. The predicted octanol–water partition coefficient (Wildman–Crippen LogP) is 2.99. The molecular formula is C15H13NO5. The van der Waals surface area contributed by atoms with Crippen LogP contribution in [0.3, 0.4) is 0 Å². The zero-order valence-electron chi connectivity index (χ0n) is 11.3. The van der Waals surface area contributed by atoms with E-state index in [2.05, 4.69) is 0 Å². The van der Waals surface area contributed by atoms with Crippen LogP contribution in [-0.4, -0.2) is 18.3 Å². The van der Waals surface area contributed by atoms with E-state index in [1.807, 2.05) is 0 Å². The molecule has 2 aromatic carbocycles. The van der Waals surface area contributed by atoms with Gasteiger partial charge in [0.05, 0.1) is 12.0 Å². The average molecular weight is 287 g/mol. The van der Waals surface area contributed by atoms with Crippen LogP contribution in [0.25, 0.3) is 0 Å². The van der Waals surface area contributed by atoms with Crippen LogP contribution in [0.1, 0.15) is 15.9 Å². The van der Waals surface area contributed by atoms with E-state index in [-0.39, 0.29) is 18.0 Å². The molecule has 0 saturated heterocycles. The molecule has 108 valence electrons. The highest BCUT2D eigenvalue weighted by Gasteiger charge is 2.14. The summed E-state index contributed by atoms with van der Waals surface area (Å²) in [5.41, 5.74) is 1.01. The molecular weight excluding hydrogens is 274 g/mol. The fourth-order valence-electron chi connectivity index (χ4n) is 1.87. The summed E-state index contributed by atoms with van der Waals surface area (Å²) < 4.78 is 10.7. The maximum Gasteiger partial charge on any atom is 0.310 e. The van der Waals surface area contributed by atoms with E-state index in [1.54, 1.807) is 30.3 Å². The number of nitro benzene ring substituents is 1. The molecule has 0 aromatic heterocycles. The standard InChI is InChI=1S/C15H13NO5/c1-20-14-7-6-11(9-17)8-12(14)10-21-15-5-3-2-4-13(15)16(18)19/h2-9H,10H2,1H3. The molecule has 0 radical (unpaired) electrons. The molecule has 6 nitrogen and oxygen atoms in total. The lowest BCUT2D eigenvalue weighted by atomic mass is 10.1. The second-order valence-corrected chi connectivity index (χ2v) is 4.20. The Labute approximate surface area is 121 Å². The Kier molecular flexibility index (Phi) is 4.50. The molecule has 2 aromatic rings. The maximum atomic E-state index is 10.9. The van der Waals surface area contributed by atoms with Crippen molar-refractivity contribution >= 4 is 12.0 Å². The molecule has 0 N–H and O–H groups in total. The van der Waals surface area contributed by atoms with Gasteiger partial charge in [-0.1, -0.05) is 12.1 Å². The molecule has 0 bridgehead atoms. The largest absolute Gasteiger partial charge is 0.496 e. The monoisotopic (exact) mass is 287 g/mol. The normalized spacial score (nSPS) is 9.95. The van der Waals surface area contributed by atoms with Crippen molar-refractivity contribution in [2.75, 3.05) is 7.11 Å². The summed E-state index contributed by atoms with van der Waals surface area (Å²) in [7, 11) is 1.50. The van der Waals surface area contributed by atoms with Crippen molar-refractivity contribution in [2.45, 2.75) is 6.61 Å². The Morgan fingerprint density at radius 1 is 1.19 bits per heavy atom. The number of rotatable bonds is 6. The van der Waals surface area contributed by atoms with Crippen LogP contribution in [-0.2, 0) is 6.61 Å². The Hall–Kier alpha value is -2.89. The summed E-state index contributed by atoms with van der Waals surface area (Å²) in [6.07, 6.45) is 0.716. The van der Waals surface area contributed by atoms with Crippen molar-refractivity contribution in [3.05, 3.63) is 63.7 Å². The van der Waals surface area contributed by atoms with Gasteiger partial charge in [0.15, 0.2) is 5.75 Å². The van der Waals surface area contributed by atoms with Gasteiger partial charge in [0.1, 0.15) is 18.6 Å². The van der Waals surface area contributed by atoms with Crippen LogP contribution in [0.4, 0.5) is 5.69 Å². The number of nitro groups is 1. The number of para-hydroxylation sites is 2. The Bertz CT molecular complexity index is 669. The number of nitrogens with zero attached hydrogens (tertiary/aromatic N) is 1. The van der Waals surface area contributed by atoms with Crippen LogP contribution in [0.5, 0.6) is 11.5 Å². The number of methoxy groups -OCH3 is 1. The minimum absolute atomic E-state index is 0.0652. The summed E-state index contributed by atoms with van der Waals surface area (Å²) in [6, 6.07) is 11.0. The third-order valence-electron chi connectivity index (χ3n) is 2.89. The molecule has 0 aliphatic heterocycles. The molecule has 0 aliphatic rings. The highest BCUT2D eigenvalue weighted by Crippen LogP contribution is 2.28. The molecule has 2 rings (SSSR count). The zero-order chi connectivity index (χ0) is 15.2. The van der Waals surface area contributed by atoms with Crippen LogP contribution in [0.2, 0.25) is 0 Å². The molecule has 0 spiro atoms. The predicted molar refractivity (Wildman–Crippen MR) is 75.8 cm³/mol. The Morgan fingerprint density at radius 3 is 2.62 bits per heavy atom. The van der Waals surface area contributed by atoms with Crippen LogP contribution < -0.4 is 9.47 Å². The van der Waals surface area contributed by atoms with Gasteiger partial charge in [-0.2, -0.15) is 0 Å². The third-order valence-corrected chi connectivity index (χ3v) is 2.89. The maximum absolute atomic E-state index is 10.9. The van der Waals surface area contributed by atoms with E-state index >= 15 is 0 Å². The van der Waals surface area contributed by atoms with E-state index in [4.69, 9.17) is 9.47 Å². The molecule has 0 fully saturated rings. The first-order chi connectivity index (χ1) is 10.2. The molecule has 0 saturated carbocycles. The highest BCUT2D eigenvalue weighted by atomic mass is 16.6. The van der Waals surface area contributed by atoms with E-state index in [0.29, 0.717) is 23.2 Å². The first-order valence-electron chi connectivity index (χ1n) is 6.14. The van der Waals surface area contributed by atoms with Gasteiger partial charge in [0.25, 0.3) is 0 Å². The summed E-state index contributed by atoms with van der Waals surface area (Å²) >= 11 is 0. The lowest BCUT2D eigenvalue weighted by Gasteiger charge is -2.11. The van der Waals surface area contributed by atoms with Gasteiger partial charge in [-0.25, -0.2) is 0 Å². The number of hydrogen-bond donors (Lipinski definition) is 0. The van der Waals surface area contributed by atoms with Crippen LogP contribution >= 0.6 is 0 Å². The first kappa shape index (κ1) is 14.5. The van der Waals surface area contributed by atoms with Crippen molar-refractivity contribution in [1.82, 2.24) is 0 Å². The van der Waals surface area contributed by atoms with Gasteiger partial charge in [0, 0.05) is 17.2 Å². The first-order valence-corrected chi connectivity index (χ1v) is 6.14. The fraction of sp³-hybridized carbons (Fsp3) is 0.133. The molecule has 0 heterocycles. The van der Waals surface area contributed by atoms with Crippen molar-refractivity contribution in [3.63, 3.8) is 0 Å². The fourth-order valence-corrected chi connectivity index (χ4v) is 1.87. The lowest BCUT2D eigenvalue weighted by Crippen LogP contribution is -2.01. The van der Waals surface area contributed by atoms with Gasteiger partial charge in [-0.3, -0.25) is 14.9 Å². The van der Waals surface area contributed by atoms with E-state index in [9.17, 15) is 14.9 Å².